The normalized spacial score (nSPS) is 11.3. The number of hydrogen-bond donors (Lipinski definition) is 0. The minimum absolute atomic E-state index is 0.812. The molecule has 20 heavy (non-hydrogen) atoms. The Labute approximate surface area is 201 Å². The predicted molar refractivity (Wildman–Crippen MR) is 140 cm³/mol. The lowest BCUT2D eigenvalue weighted by Gasteiger charge is -1.89. The second-order valence-electron chi connectivity index (χ2n) is 2.82. The SMILES string of the molecule is C=C(I)C#C/C(I)=C(\I)C#C/C(I)=C(\I)C#CC(=C)I. The zero-order valence-corrected chi connectivity index (χ0v) is 22.6. The van der Waals surface area contributed by atoms with Crippen molar-refractivity contribution in [2.45, 2.75) is 0 Å². The molecule has 0 nitrogen and oxygen atoms in total. The van der Waals surface area contributed by atoms with Crippen molar-refractivity contribution in [1.82, 2.24) is 0 Å². The molecule has 0 amide bonds. The van der Waals surface area contributed by atoms with E-state index >= 15 is 0 Å². The van der Waals surface area contributed by atoms with Crippen LogP contribution in [0.3, 0.4) is 0 Å². The molecule has 0 spiro atoms. The Hall–Kier alpha value is 2.02. The van der Waals surface area contributed by atoms with Gasteiger partial charge in [-0.05, 0) is 136 Å². The molecule has 0 rings (SSSR count). The highest BCUT2D eigenvalue weighted by molar-refractivity contribution is 14.1. The lowest BCUT2D eigenvalue weighted by atomic mass is 10.4. The molecule has 0 atom stereocenters. The minimum atomic E-state index is 0.812. The molecule has 0 unspecified atom stereocenters. The zero-order valence-electron chi connectivity index (χ0n) is 9.68. The number of hydrogen-bond acceptors (Lipinski definition) is 0. The Morgan fingerprint density at radius 2 is 0.650 bits per heavy atom. The molecule has 102 valence electrons. The molecule has 0 radical (unpaired) electrons. The van der Waals surface area contributed by atoms with E-state index in [0.717, 1.165) is 21.5 Å². The first-order valence-corrected chi connectivity index (χ1v) is 11.1. The molecule has 0 aromatic carbocycles. The second-order valence-corrected chi connectivity index (χ2v) is 9.74. The first-order chi connectivity index (χ1) is 9.23. The van der Waals surface area contributed by atoms with Crippen molar-refractivity contribution in [1.29, 1.82) is 0 Å². The molecule has 0 aromatic rings. The van der Waals surface area contributed by atoms with Gasteiger partial charge in [0.1, 0.15) is 0 Å². The lowest BCUT2D eigenvalue weighted by molar-refractivity contribution is 2.01. The molecule has 0 aliphatic heterocycles. The van der Waals surface area contributed by atoms with Crippen LogP contribution in [0.25, 0.3) is 0 Å². The highest BCUT2D eigenvalue weighted by Gasteiger charge is 1.96. The Bertz CT molecular complexity index is 616. The Balaban J connectivity index is 5.28. The summed E-state index contributed by atoms with van der Waals surface area (Å²) in [5, 5.41) is 0. The largest absolute Gasteiger partial charge is 0.0851 e. The van der Waals surface area contributed by atoms with Gasteiger partial charge >= 0.3 is 0 Å². The Morgan fingerprint density at radius 3 is 0.850 bits per heavy atom. The van der Waals surface area contributed by atoms with Crippen LogP contribution in [-0.2, 0) is 0 Å². The van der Waals surface area contributed by atoms with Gasteiger partial charge in [-0.15, -0.1) is 0 Å². The standard InChI is InChI=1S/C14H4I6/c1-9(15)3-5-11(17)13(19)7-8-14(20)12(18)6-4-10(2)16/h1-2H2/b13-11+,14-12+. The first kappa shape index (κ1) is 22.0. The van der Waals surface area contributed by atoms with Crippen molar-refractivity contribution in [3.8, 4) is 35.5 Å². The summed E-state index contributed by atoms with van der Waals surface area (Å²) in [7, 11) is 0. The summed E-state index contributed by atoms with van der Waals surface area (Å²) in [5.41, 5.74) is 0. The summed E-state index contributed by atoms with van der Waals surface area (Å²) >= 11 is 12.9. The highest BCUT2D eigenvalue weighted by atomic mass is 127. The fourth-order valence-electron chi connectivity index (χ4n) is 0.575. The lowest BCUT2D eigenvalue weighted by Crippen LogP contribution is -1.73. The number of allylic oxidation sites excluding steroid dienone is 6. The summed E-state index contributed by atoms with van der Waals surface area (Å²) in [6.45, 7) is 7.47. The van der Waals surface area contributed by atoms with Crippen LogP contribution >= 0.6 is 136 Å². The van der Waals surface area contributed by atoms with E-state index in [1.807, 2.05) is 0 Å². The topological polar surface area (TPSA) is 0 Å². The summed E-state index contributed by atoms with van der Waals surface area (Å²) < 4.78 is 5.29. The Morgan fingerprint density at radius 1 is 0.450 bits per heavy atom. The van der Waals surface area contributed by atoms with Gasteiger partial charge in [-0.3, -0.25) is 0 Å². The summed E-state index contributed by atoms with van der Waals surface area (Å²) in [6, 6.07) is 0. The van der Waals surface area contributed by atoms with Crippen molar-refractivity contribution in [3.05, 3.63) is 34.6 Å². The molecule has 0 saturated heterocycles. The zero-order chi connectivity index (χ0) is 15.7. The van der Waals surface area contributed by atoms with Crippen molar-refractivity contribution in [2.75, 3.05) is 0 Å². The van der Waals surface area contributed by atoms with Gasteiger partial charge in [0.25, 0.3) is 0 Å². The fraction of sp³-hybridized carbons (Fsp3) is 0. The van der Waals surface area contributed by atoms with E-state index in [9.17, 15) is 0 Å². The summed E-state index contributed by atoms with van der Waals surface area (Å²) in [4.78, 5) is 0. The second kappa shape index (κ2) is 12.4. The van der Waals surface area contributed by atoms with Crippen LogP contribution in [0, 0.1) is 35.5 Å². The monoisotopic (exact) mass is 933 g/mol. The van der Waals surface area contributed by atoms with Crippen molar-refractivity contribution >= 4 is 136 Å². The van der Waals surface area contributed by atoms with E-state index in [-0.39, 0.29) is 0 Å². The number of rotatable bonds is 0. The van der Waals surface area contributed by atoms with Crippen LogP contribution in [0.5, 0.6) is 0 Å². The van der Waals surface area contributed by atoms with Crippen LogP contribution in [0.1, 0.15) is 0 Å². The predicted octanol–water partition coefficient (Wildman–Crippen LogP) is 7.06. The molecular weight excluding hydrogens is 930 g/mol. The first-order valence-electron chi connectivity index (χ1n) is 4.59. The van der Waals surface area contributed by atoms with E-state index in [0.29, 0.717) is 0 Å². The fourth-order valence-corrected chi connectivity index (χ4v) is 1.92. The van der Waals surface area contributed by atoms with Crippen molar-refractivity contribution < 1.29 is 0 Å². The summed E-state index contributed by atoms with van der Waals surface area (Å²) in [5.74, 6) is 18.0. The molecule has 0 N–H and O–H groups in total. The highest BCUT2D eigenvalue weighted by Crippen LogP contribution is 2.21. The van der Waals surface area contributed by atoms with E-state index in [2.05, 4.69) is 184 Å². The third kappa shape index (κ3) is 11.6. The van der Waals surface area contributed by atoms with E-state index < -0.39 is 0 Å². The molecule has 0 aliphatic rings. The molecule has 0 bridgehead atoms. The average molecular weight is 934 g/mol. The van der Waals surface area contributed by atoms with Crippen molar-refractivity contribution in [2.24, 2.45) is 0 Å². The van der Waals surface area contributed by atoms with Gasteiger partial charge in [-0.2, -0.15) is 0 Å². The molecule has 0 saturated carbocycles. The van der Waals surface area contributed by atoms with Gasteiger partial charge in [0.15, 0.2) is 0 Å². The van der Waals surface area contributed by atoms with Crippen LogP contribution in [-0.4, -0.2) is 0 Å². The van der Waals surface area contributed by atoms with Gasteiger partial charge < -0.3 is 0 Å². The van der Waals surface area contributed by atoms with Crippen LogP contribution in [0.15, 0.2) is 34.6 Å². The van der Waals surface area contributed by atoms with Gasteiger partial charge in [0, 0.05) is 0 Å². The Kier molecular flexibility index (Phi) is 13.7. The third-order valence-electron chi connectivity index (χ3n) is 1.28. The molecule has 0 aromatic heterocycles. The maximum Gasteiger partial charge on any atom is 0.0851 e. The molecule has 6 heteroatoms. The average Bonchev–Trinajstić information content (AvgIpc) is 2.38. The smallest absolute Gasteiger partial charge is 0.0770 e. The number of halogens is 6. The van der Waals surface area contributed by atoms with Gasteiger partial charge in [0.2, 0.25) is 0 Å². The van der Waals surface area contributed by atoms with Crippen molar-refractivity contribution in [3.63, 3.8) is 0 Å². The van der Waals surface area contributed by atoms with Gasteiger partial charge in [-0.1, -0.05) is 48.7 Å². The molecule has 0 fully saturated rings. The van der Waals surface area contributed by atoms with E-state index in [1.165, 1.54) is 0 Å². The summed E-state index contributed by atoms with van der Waals surface area (Å²) in [6.07, 6.45) is 0. The van der Waals surface area contributed by atoms with E-state index in [4.69, 9.17) is 0 Å². The minimum Gasteiger partial charge on any atom is -0.0770 e. The van der Waals surface area contributed by atoms with Crippen LogP contribution in [0.4, 0.5) is 0 Å². The molecule has 0 heterocycles. The van der Waals surface area contributed by atoms with Crippen LogP contribution in [0.2, 0.25) is 0 Å². The molecule has 0 aliphatic carbocycles. The maximum absolute atomic E-state index is 3.73. The quantitative estimate of drug-likeness (QED) is 0.181. The van der Waals surface area contributed by atoms with Gasteiger partial charge in [0.05, 0.1) is 21.5 Å². The molecular formula is C14H4I6. The van der Waals surface area contributed by atoms with Crippen LogP contribution < -0.4 is 0 Å². The third-order valence-corrected chi connectivity index (χ3v) is 7.12. The van der Waals surface area contributed by atoms with E-state index in [1.54, 1.807) is 0 Å². The maximum atomic E-state index is 3.73. The van der Waals surface area contributed by atoms with Gasteiger partial charge in [-0.25, -0.2) is 0 Å².